The standard InChI is InChI=1S/C19H29N3O2/c1-12(15-7-8-15)9-21-17-6-4-5-16(17)18(20)19(23)22-10-13(2)24-14(3)11-22/h13-14H,4-11,20H2,1-3H3/b18-16-,21-17?. The number of nitrogens with zero attached hydrogens (tertiary/aromatic N) is 2. The van der Waals surface area contributed by atoms with Gasteiger partial charge in [0.15, 0.2) is 0 Å². The molecule has 0 aromatic carbocycles. The van der Waals surface area contributed by atoms with E-state index in [1.165, 1.54) is 18.4 Å². The van der Waals surface area contributed by atoms with Crippen LogP contribution in [-0.4, -0.2) is 48.4 Å². The molecule has 0 spiro atoms. The highest BCUT2D eigenvalue weighted by Gasteiger charge is 2.30. The fourth-order valence-electron chi connectivity index (χ4n) is 3.65. The van der Waals surface area contributed by atoms with E-state index in [2.05, 4.69) is 6.92 Å². The van der Waals surface area contributed by atoms with E-state index in [1.807, 2.05) is 18.7 Å². The first kappa shape index (κ1) is 17.2. The van der Waals surface area contributed by atoms with Crippen molar-refractivity contribution >= 4 is 11.6 Å². The van der Waals surface area contributed by atoms with Crippen molar-refractivity contribution in [2.45, 2.75) is 65.1 Å². The minimum Gasteiger partial charge on any atom is -0.394 e. The molecule has 2 aliphatic carbocycles. The van der Waals surface area contributed by atoms with Crippen molar-refractivity contribution in [2.75, 3.05) is 19.6 Å². The summed E-state index contributed by atoms with van der Waals surface area (Å²) in [5.74, 6) is -0.0566. The quantitative estimate of drug-likeness (QED) is 0.638. The minimum absolute atomic E-state index is 0.0556. The summed E-state index contributed by atoms with van der Waals surface area (Å²) in [6, 6.07) is 0. The number of amides is 1. The zero-order valence-electron chi connectivity index (χ0n) is 15.1. The van der Waals surface area contributed by atoms with Crippen molar-refractivity contribution in [3.63, 3.8) is 0 Å². The number of carbonyl (C=O) groups is 1. The minimum atomic E-state index is -0.0566. The van der Waals surface area contributed by atoms with E-state index in [9.17, 15) is 4.79 Å². The molecule has 3 aliphatic rings. The van der Waals surface area contributed by atoms with Crippen LogP contribution in [0.5, 0.6) is 0 Å². The van der Waals surface area contributed by atoms with Crippen LogP contribution in [0.25, 0.3) is 0 Å². The zero-order valence-corrected chi connectivity index (χ0v) is 15.1. The summed E-state index contributed by atoms with van der Waals surface area (Å²) in [5, 5.41) is 0. The molecular formula is C19H29N3O2. The molecule has 1 aliphatic heterocycles. The molecule has 2 N–H and O–H groups in total. The lowest BCUT2D eigenvalue weighted by Gasteiger charge is -2.35. The Labute approximate surface area is 144 Å². The first-order valence-electron chi connectivity index (χ1n) is 9.10. The molecule has 2 saturated carbocycles. The second kappa shape index (κ2) is 7.09. The van der Waals surface area contributed by atoms with Crippen molar-refractivity contribution in [3.8, 4) is 0 Å². The molecule has 1 amide bonds. The summed E-state index contributed by atoms with van der Waals surface area (Å²) in [4.78, 5) is 19.4. The average Bonchev–Trinajstić information content (AvgIpc) is 3.29. The topological polar surface area (TPSA) is 67.9 Å². The smallest absolute Gasteiger partial charge is 0.270 e. The number of aliphatic imine (C=N–C) groups is 1. The van der Waals surface area contributed by atoms with Gasteiger partial charge in [-0.2, -0.15) is 0 Å². The second-order valence-electron chi connectivity index (χ2n) is 7.36. The zero-order chi connectivity index (χ0) is 17.3. The lowest BCUT2D eigenvalue weighted by molar-refractivity contribution is -0.139. The number of carbonyl (C=O) groups excluding carboxylic acids is 1. The molecule has 2 unspecified atom stereocenters. The molecule has 2 atom stereocenters. The number of hydrogen-bond donors (Lipinski definition) is 1. The van der Waals surface area contributed by atoms with Crippen LogP contribution in [0.15, 0.2) is 27.4 Å². The van der Waals surface area contributed by atoms with Gasteiger partial charge in [-0.15, -0.1) is 0 Å². The van der Waals surface area contributed by atoms with Crippen LogP contribution >= 0.6 is 0 Å². The molecule has 24 heavy (non-hydrogen) atoms. The first-order chi connectivity index (χ1) is 11.5. The van der Waals surface area contributed by atoms with Gasteiger partial charge >= 0.3 is 0 Å². The normalized spacial score (nSPS) is 30.7. The van der Waals surface area contributed by atoms with E-state index < -0.39 is 0 Å². The monoisotopic (exact) mass is 331 g/mol. The highest BCUT2D eigenvalue weighted by atomic mass is 16.5. The Kier molecular flexibility index (Phi) is 5.09. The van der Waals surface area contributed by atoms with Crippen LogP contribution in [0.2, 0.25) is 0 Å². The van der Waals surface area contributed by atoms with Crippen LogP contribution in [0, 0.1) is 0 Å². The van der Waals surface area contributed by atoms with E-state index in [0.29, 0.717) is 18.8 Å². The van der Waals surface area contributed by atoms with Gasteiger partial charge in [-0.05, 0) is 52.9 Å². The maximum absolute atomic E-state index is 12.8. The van der Waals surface area contributed by atoms with E-state index in [4.69, 9.17) is 15.5 Å². The van der Waals surface area contributed by atoms with Gasteiger partial charge in [-0.25, -0.2) is 0 Å². The maximum atomic E-state index is 12.8. The number of hydrogen-bond acceptors (Lipinski definition) is 4. The Morgan fingerprint density at radius 3 is 2.50 bits per heavy atom. The molecule has 0 radical (unpaired) electrons. The van der Waals surface area contributed by atoms with Gasteiger partial charge < -0.3 is 15.4 Å². The number of nitrogens with two attached hydrogens (primary N) is 1. The van der Waals surface area contributed by atoms with Crippen LogP contribution in [-0.2, 0) is 9.53 Å². The van der Waals surface area contributed by atoms with Gasteiger partial charge in [-0.1, -0.05) is 11.1 Å². The Bertz CT molecular complexity index is 602. The van der Waals surface area contributed by atoms with Crippen LogP contribution < -0.4 is 5.73 Å². The molecule has 132 valence electrons. The van der Waals surface area contributed by atoms with Gasteiger partial charge in [0.05, 0.1) is 18.8 Å². The van der Waals surface area contributed by atoms with E-state index in [-0.39, 0.29) is 18.1 Å². The summed E-state index contributed by atoms with van der Waals surface area (Å²) in [6.45, 7) is 8.12. The Hall–Kier alpha value is -1.62. The van der Waals surface area contributed by atoms with E-state index >= 15 is 0 Å². The fourth-order valence-corrected chi connectivity index (χ4v) is 3.65. The summed E-state index contributed by atoms with van der Waals surface area (Å²) >= 11 is 0. The molecule has 5 heteroatoms. The molecule has 3 rings (SSSR count). The van der Waals surface area contributed by atoms with Gasteiger partial charge in [0.25, 0.3) is 5.91 Å². The van der Waals surface area contributed by atoms with Crippen molar-refractivity contribution < 1.29 is 9.53 Å². The highest BCUT2D eigenvalue weighted by Crippen LogP contribution is 2.32. The third kappa shape index (κ3) is 3.89. The van der Waals surface area contributed by atoms with E-state index in [1.54, 1.807) is 5.57 Å². The maximum Gasteiger partial charge on any atom is 0.270 e. The molecule has 1 saturated heterocycles. The van der Waals surface area contributed by atoms with Crippen LogP contribution in [0.3, 0.4) is 0 Å². The van der Waals surface area contributed by atoms with Crippen molar-refractivity contribution in [1.82, 2.24) is 4.90 Å². The molecule has 0 aromatic rings. The van der Waals surface area contributed by atoms with E-state index in [0.717, 1.165) is 37.1 Å². The van der Waals surface area contributed by atoms with Gasteiger partial charge in [0.1, 0.15) is 5.70 Å². The SMILES string of the molecule is CC(CN=C1CCC/C1=C(/N)C(=O)N1CC(C)OC(C)C1)=C1CC1. The third-order valence-corrected chi connectivity index (χ3v) is 5.06. The number of allylic oxidation sites excluding steroid dienone is 2. The number of rotatable bonds is 3. The average molecular weight is 331 g/mol. The molecular weight excluding hydrogens is 302 g/mol. The fraction of sp³-hybridized carbons (Fsp3) is 0.684. The summed E-state index contributed by atoms with van der Waals surface area (Å²) in [7, 11) is 0. The predicted octanol–water partition coefficient (Wildman–Crippen LogP) is 2.57. The lowest BCUT2D eigenvalue weighted by atomic mass is 10.1. The lowest BCUT2D eigenvalue weighted by Crippen LogP contribution is -2.49. The first-order valence-corrected chi connectivity index (χ1v) is 9.10. The van der Waals surface area contributed by atoms with Crippen molar-refractivity contribution in [1.29, 1.82) is 0 Å². The van der Waals surface area contributed by atoms with Gasteiger partial charge in [-0.3, -0.25) is 9.79 Å². The summed E-state index contributed by atoms with van der Waals surface area (Å²) < 4.78 is 5.71. The van der Waals surface area contributed by atoms with Gasteiger partial charge in [0.2, 0.25) is 0 Å². The molecule has 5 nitrogen and oxygen atoms in total. The van der Waals surface area contributed by atoms with Crippen LogP contribution in [0.4, 0.5) is 0 Å². The third-order valence-electron chi connectivity index (χ3n) is 5.06. The number of ether oxygens (including phenoxy) is 1. The highest BCUT2D eigenvalue weighted by molar-refractivity contribution is 6.09. The summed E-state index contributed by atoms with van der Waals surface area (Å²) in [6.07, 6.45) is 5.40. The molecule has 0 aromatic heterocycles. The summed E-state index contributed by atoms with van der Waals surface area (Å²) in [5.41, 5.74) is 11.6. The van der Waals surface area contributed by atoms with Gasteiger partial charge in [0, 0.05) is 24.4 Å². The second-order valence-corrected chi connectivity index (χ2v) is 7.36. The van der Waals surface area contributed by atoms with Crippen LogP contribution in [0.1, 0.15) is 52.9 Å². The van der Waals surface area contributed by atoms with Crippen molar-refractivity contribution in [2.24, 2.45) is 10.7 Å². The van der Waals surface area contributed by atoms with Crippen molar-refractivity contribution in [3.05, 3.63) is 22.4 Å². The Morgan fingerprint density at radius 1 is 1.21 bits per heavy atom. The Balaban J connectivity index is 1.74. The molecule has 1 heterocycles. The number of morpholine rings is 1. The molecule has 0 bridgehead atoms. The Morgan fingerprint density at radius 2 is 1.88 bits per heavy atom. The molecule has 3 fully saturated rings. The predicted molar refractivity (Wildman–Crippen MR) is 95.9 cm³/mol. The largest absolute Gasteiger partial charge is 0.394 e.